The lowest BCUT2D eigenvalue weighted by molar-refractivity contribution is -0.137. The molecule has 1 atom stereocenters. The maximum absolute atomic E-state index is 13.2. The van der Waals surface area contributed by atoms with E-state index in [1.54, 1.807) is 24.4 Å². The smallest absolute Gasteiger partial charge is 0.344 e. The molecule has 1 saturated heterocycles. The van der Waals surface area contributed by atoms with E-state index in [2.05, 4.69) is 15.2 Å². The summed E-state index contributed by atoms with van der Waals surface area (Å²) < 4.78 is 39.6. The Morgan fingerprint density at radius 1 is 1.06 bits per heavy atom. The molecule has 1 amide bonds. The first-order valence-corrected chi connectivity index (χ1v) is 12.0. The average molecular weight is 481 g/mol. The van der Waals surface area contributed by atoms with E-state index in [0.717, 1.165) is 68.0 Å². The zero-order valence-electron chi connectivity index (χ0n) is 19.3. The van der Waals surface area contributed by atoms with Crippen LogP contribution in [0.2, 0.25) is 0 Å². The Labute approximate surface area is 202 Å². The van der Waals surface area contributed by atoms with E-state index in [4.69, 9.17) is 4.98 Å². The van der Waals surface area contributed by atoms with Gasteiger partial charge in [0.15, 0.2) is 0 Å². The number of hydrogen-bond acceptors (Lipinski definition) is 4. The molecule has 0 saturated carbocycles. The minimum Gasteiger partial charge on any atom is -0.344 e. The van der Waals surface area contributed by atoms with Crippen LogP contribution in [-0.2, 0) is 19.1 Å². The van der Waals surface area contributed by atoms with E-state index in [9.17, 15) is 18.0 Å². The molecule has 182 valence electrons. The molecule has 1 N–H and O–H groups in total. The fraction of sp³-hybridized carbons (Fsp3) is 0.370. The van der Waals surface area contributed by atoms with E-state index in [1.165, 1.54) is 18.9 Å². The molecule has 0 bridgehead atoms. The summed E-state index contributed by atoms with van der Waals surface area (Å²) in [6.45, 7) is 2.84. The number of halogens is 3. The molecule has 8 heteroatoms. The number of nitrogens with one attached hydrogen (secondary N) is 1. The topological polar surface area (TPSA) is 58.1 Å². The maximum atomic E-state index is 13.2. The molecule has 1 unspecified atom stereocenters. The van der Waals surface area contributed by atoms with Gasteiger partial charge in [-0.15, -0.1) is 0 Å². The highest BCUT2D eigenvalue weighted by atomic mass is 19.4. The average Bonchev–Trinajstić information content (AvgIpc) is 3.37. The number of fused-ring (bicyclic) bond motifs is 1. The lowest BCUT2D eigenvalue weighted by atomic mass is 9.90. The summed E-state index contributed by atoms with van der Waals surface area (Å²) in [4.78, 5) is 24.6. The summed E-state index contributed by atoms with van der Waals surface area (Å²) in [5, 5.41) is 3.10. The molecule has 1 aliphatic carbocycles. The van der Waals surface area contributed by atoms with Gasteiger partial charge in [-0.1, -0.05) is 18.2 Å². The van der Waals surface area contributed by atoms with Crippen molar-refractivity contribution in [1.82, 2.24) is 20.2 Å². The molecule has 1 aliphatic heterocycles. The minimum absolute atomic E-state index is 0.195. The molecule has 3 aromatic rings. The van der Waals surface area contributed by atoms with E-state index in [-0.39, 0.29) is 11.9 Å². The molecular weight excluding hydrogens is 453 g/mol. The number of benzene rings is 1. The van der Waals surface area contributed by atoms with Gasteiger partial charge < -0.3 is 5.32 Å². The number of aromatic nitrogens is 2. The van der Waals surface area contributed by atoms with Gasteiger partial charge in [0.1, 0.15) is 0 Å². The Hall–Kier alpha value is -3.26. The summed E-state index contributed by atoms with van der Waals surface area (Å²) in [7, 11) is 0. The van der Waals surface area contributed by atoms with Gasteiger partial charge in [0, 0.05) is 23.9 Å². The number of nitrogens with zero attached hydrogens (tertiary/aromatic N) is 3. The highest BCUT2D eigenvalue weighted by Crippen LogP contribution is 2.34. The third-order valence-electron chi connectivity index (χ3n) is 6.74. The Balaban J connectivity index is 1.36. The van der Waals surface area contributed by atoms with Gasteiger partial charge in [0.2, 0.25) is 0 Å². The van der Waals surface area contributed by atoms with Crippen molar-refractivity contribution in [3.63, 3.8) is 0 Å². The maximum Gasteiger partial charge on any atom is 0.416 e. The first kappa shape index (κ1) is 23.5. The molecule has 2 aliphatic rings. The molecule has 0 spiro atoms. The van der Waals surface area contributed by atoms with Crippen molar-refractivity contribution in [2.75, 3.05) is 13.1 Å². The van der Waals surface area contributed by atoms with Crippen molar-refractivity contribution < 1.29 is 18.0 Å². The number of amides is 1. The predicted octanol–water partition coefficient (Wildman–Crippen LogP) is 5.57. The van der Waals surface area contributed by atoms with Gasteiger partial charge in [0.25, 0.3) is 5.91 Å². The van der Waals surface area contributed by atoms with Gasteiger partial charge >= 0.3 is 6.18 Å². The van der Waals surface area contributed by atoms with E-state index in [1.807, 2.05) is 12.1 Å². The van der Waals surface area contributed by atoms with E-state index >= 15 is 0 Å². The fourth-order valence-electron chi connectivity index (χ4n) is 4.92. The van der Waals surface area contributed by atoms with E-state index < -0.39 is 11.7 Å². The van der Waals surface area contributed by atoms with Crippen LogP contribution < -0.4 is 5.32 Å². The minimum atomic E-state index is -4.42. The number of pyridine rings is 2. The number of alkyl halides is 3. The van der Waals surface area contributed by atoms with Crippen LogP contribution in [0.4, 0.5) is 13.2 Å². The van der Waals surface area contributed by atoms with Crippen LogP contribution in [0.3, 0.4) is 0 Å². The van der Waals surface area contributed by atoms with Crippen LogP contribution >= 0.6 is 0 Å². The lowest BCUT2D eigenvalue weighted by Crippen LogP contribution is -2.32. The lowest BCUT2D eigenvalue weighted by Gasteiger charge is -2.26. The highest BCUT2D eigenvalue weighted by Gasteiger charge is 2.31. The van der Waals surface area contributed by atoms with Crippen LogP contribution in [0.5, 0.6) is 0 Å². The first-order chi connectivity index (χ1) is 16.9. The van der Waals surface area contributed by atoms with Crippen molar-refractivity contribution in [2.45, 2.75) is 50.9 Å². The van der Waals surface area contributed by atoms with Crippen molar-refractivity contribution in [3.05, 3.63) is 82.8 Å². The molecule has 0 radical (unpaired) electrons. The quantitative estimate of drug-likeness (QED) is 0.519. The summed E-state index contributed by atoms with van der Waals surface area (Å²) in [5.74, 6) is -0.195. The van der Waals surface area contributed by atoms with Crippen LogP contribution in [0.25, 0.3) is 11.3 Å². The molecule has 5 nitrogen and oxygen atoms in total. The van der Waals surface area contributed by atoms with Gasteiger partial charge in [-0.05, 0) is 81.1 Å². The first-order valence-electron chi connectivity index (χ1n) is 12.0. The Kier molecular flexibility index (Phi) is 6.56. The predicted molar refractivity (Wildman–Crippen MR) is 127 cm³/mol. The van der Waals surface area contributed by atoms with Crippen molar-refractivity contribution in [3.8, 4) is 11.3 Å². The fourth-order valence-corrected chi connectivity index (χ4v) is 4.92. The SMILES string of the molecule is O=C(NC1CCCc2ccc(-c3cccc(C(F)(F)F)c3)nc21)c1ccnc(CN2CCCC2)c1. The second kappa shape index (κ2) is 9.77. The van der Waals surface area contributed by atoms with Crippen LogP contribution in [0.15, 0.2) is 54.7 Å². The second-order valence-electron chi connectivity index (χ2n) is 9.26. The van der Waals surface area contributed by atoms with Gasteiger partial charge in [-0.25, -0.2) is 0 Å². The third kappa shape index (κ3) is 5.37. The number of likely N-dealkylation sites (tertiary alicyclic amines) is 1. The van der Waals surface area contributed by atoms with Crippen molar-refractivity contribution in [1.29, 1.82) is 0 Å². The highest BCUT2D eigenvalue weighted by molar-refractivity contribution is 5.94. The Morgan fingerprint density at radius 3 is 2.69 bits per heavy atom. The monoisotopic (exact) mass is 480 g/mol. The van der Waals surface area contributed by atoms with Crippen molar-refractivity contribution >= 4 is 5.91 Å². The third-order valence-corrected chi connectivity index (χ3v) is 6.74. The van der Waals surface area contributed by atoms with Crippen LogP contribution in [0.1, 0.15) is 64.6 Å². The number of rotatable bonds is 5. The Bertz CT molecular complexity index is 1220. The Morgan fingerprint density at radius 2 is 1.89 bits per heavy atom. The standard InChI is InChI=1S/C27H27F3N4O/c28-27(29,30)21-7-3-6-19(15-21)23-10-9-18-5-4-8-24(25(18)32-23)33-26(35)20-11-12-31-22(16-20)17-34-13-1-2-14-34/h3,6-7,9-12,15-16,24H,1-2,4-5,8,13-14,17H2,(H,33,35). The molecule has 2 aromatic heterocycles. The number of carbonyl (C=O) groups is 1. The number of hydrogen-bond donors (Lipinski definition) is 1. The summed E-state index contributed by atoms with van der Waals surface area (Å²) in [5.41, 5.74) is 3.32. The van der Waals surface area contributed by atoms with Gasteiger partial charge in [-0.2, -0.15) is 13.2 Å². The largest absolute Gasteiger partial charge is 0.416 e. The molecule has 35 heavy (non-hydrogen) atoms. The zero-order chi connectivity index (χ0) is 24.4. The van der Waals surface area contributed by atoms with Gasteiger partial charge in [-0.3, -0.25) is 19.7 Å². The normalized spacial score (nSPS) is 18.3. The molecule has 5 rings (SSSR count). The van der Waals surface area contributed by atoms with Crippen LogP contribution in [-0.4, -0.2) is 33.9 Å². The summed E-state index contributed by atoms with van der Waals surface area (Å²) in [6, 6.07) is 12.1. The molecule has 3 heterocycles. The molecular formula is C27H27F3N4O. The zero-order valence-corrected chi connectivity index (χ0v) is 19.3. The molecule has 1 fully saturated rings. The summed E-state index contributed by atoms with van der Waals surface area (Å²) >= 11 is 0. The molecule has 1 aromatic carbocycles. The summed E-state index contributed by atoms with van der Waals surface area (Å²) in [6.07, 6.45) is 2.08. The number of aryl methyl sites for hydroxylation is 1. The second-order valence-corrected chi connectivity index (χ2v) is 9.26. The van der Waals surface area contributed by atoms with Gasteiger partial charge in [0.05, 0.1) is 28.7 Å². The number of carbonyl (C=O) groups excluding carboxylic acids is 1. The van der Waals surface area contributed by atoms with E-state index in [0.29, 0.717) is 16.8 Å². The van der Waals surface area contributed by atoms with Crippen LogP contribution in [0, 0.1) is 0 Å². The van der Waals surface area contributed by atoms with Crippen molar-refractivity contribution in [2.24, 2.45) is 0 Å².